The number of fused-ring (bicyclic) bond motifs is 2. The Kier molecular flexibility index (Phi) is 5.67. The Labute approximate surface area is 211 Å². The fraction of sp³-hybridized carbons (Fsp3) is 0.148. The first kappa shape index (κ1) is 22.9. The number of benzene rings is 1. The Morgan fingerprint density at radius 1 is 1.03 bits per heavy atom. The molecule has 0 spiro atoms. The predicted molar refractivity (Wildman–Crippen MR) is 141 cm³/mol. The highest BCUT2D eigenvalue weighted by Gasteiger charge is 2.17. The number of rotatable bonds is 6. The summed E-state index contributed by atoms with van der Waals surface area (Å²) in [6.07, 6.45) is 6.63. The monoisotopic (exact) mass is 493 g/mol. The van der Waals surface area contributed by atoms with Crippen molar-refractivity contribution in [3.63, 3.8) is 0 Å². The summed E-state index contributed by atoms with van der Waals surface area (Å²) in [6, 6.07) is 12.3. The second-order valence-electron chi connectivity index (χ2n) is 9.24. The number of nitrogens with zero attached hydrogens (tertiary/aromatic N) is 6. The Balaban J connectivity index is 1.45. The number of pyridine rings is 2. The first-order valence-corrected chi connectivity index (χ1v) is 11.8. The minimum Gasteiger partial charge on any atom is -0.338 e. The zero-order valence-corrected chi connectivity index (χ0v) is 20.3. The van der Waals surface area contributed by atoms with Crippen LogP contribution in [-0.2, 0) is 0 Å². The fourth-order valence-corrected chi connectivity index (χ4v) is 4.57. The van der Waals surface area contributed by atoms with Gasteiger partial charge in [0.05, 0.1) is 16.9 Å². The minimum absolute atomic E-state index is 0.311. The van der Waals surface area contributed by atoms with E-state index in [4.69, 9.17) is 10.7 Å². The van der Waals surface area contributed by atoms with Crippen molar-refractivity contribution < 1.29 is 4.39 Å². The van der Waals surface area contributed by atoms with E-state index in [1.54, 1.807) is 18.6 Å². The van der Waals surface area contributed by atoms with E-state index in [2.05, 4.69) is 30.1 Å². The van der Waals surface area contributed by atoms with Crippen LogP contribution in [0.4, 0.5) is 4.39 Å². The summed E-state index contributed by atoms with van der Waals surface area (Å²) >= 11 is 0. The van der Waals surface area contributed by atoms with Crippen LogP contribution >= 0.6 is 0 Å². The highest BCUT2D eigenvalue weighted by Crippen LogP contribution is 2.34. The van der Waals surface area contributed by atoms with Crippen molar-refractivity contribution in [3.05, 3.63) is 78.8 Å². The number of aromatic amines is 2. The van der Waals surface area contributed by atoms with Crippen LogP contribution in [0.25, 0.3) is 55.8 Å². The quantitative estimate of drug-likeness (QED) is 0.315. The molecule has 1 atom stereocenters. The molecule has 5 heterocycles. The lowest BCUT2D eigenvalue weighted by molar-refractivity contribution is 0.376. The lowest BCUT2D eigenvalue weighted by atomic mass is 9.98. The van der Waals surface area contributed by atoms with E-state index in [1.807, 2.05) is 49.3 Å². The summed E-state index contributed by atoms with van der Waals surface area (Å²) in [5.41, 5.74) is 13.8. The standard InChI is InChI=1S/C27H24FN9/c1-37(2)13-21(29)16-7-15(8-18(28)9-16)19-5-6-32-27-20(19)10-24(34-27)26-25-23(35-36-26)4-3-22(33-25)17-11-30-14-31-12-17/h3-12,14,21H,13,29H2,1-2H3,(H,32,34)(H,35,36). The third-order valence-electron chi connectivity index (χ3n) is 6.27. The second kappa shape index (κ2) is 9.16. The molecule has 0 bridgehead atoms. The van der Waals surface area contributed by atoms with E-state index in [-0.39, 0.29) is 11.9 Å². The van der Waals surface area contributed by atoms with Gasteiger partial charge in [0, 0.05) is 42.1 Å². The maximum atomic E-state index is 14.7. The van der Waals surface area contributed by atoms with Crippen molar-refractivity contribution >= 4 is 22.1 Å². The highest BCUT2D eigenvalue weighted by atomic mass is 19.1. The third-order valence-corrected chi connectivity index (χ3v) is 6.27. The van der Waals surface area contributed by atoms with Gasteiger partial charge in [-0.2, -0.15) is 5.10 Å². The van der Waals surface area contributed by atoms with Crippen LogP contribution in [0.3, 0.4) is 0 Å². The van der Waals surface area contributed by atoms with Crippen LogP contribution in [0.5, 0.6) is 0 Å². The molecule has 0 radical (unpaired) electrons. The lowest BCUT2D eigenvalue weighted by Gasteiger charge is -2.18. The molecule has 1 unspecified atom stereocenters. The Morgan fingerprint density at radius 2 is 1.86 bits per heavy atom. The Bertz CT molecular complexity index is 1720. The summed E-state index contributed by atoms with van der Waals surface area (Å²) < 4.78 is 14.7. The van der Waals surface area contributed by atoms with Crippen molar-refractivity contribution in [2.75, 3.05) is 20.6 Å². The molecule has 0 aliphatic carbocycles. The number of hydrogen-bond acceptors (Lipinski definition) is 7. The van der Waals surface area contributed by atoms with Gasteiger partial charge in [-0.1, -0.05) is 0 Å². The van der Waals surface area contributed by atoms with Gasteiger partial charge in [-0.3, -0.25) is 5.10 Å². The van der Waals surface area contributed by atoms with Gasteiger partial charge in [0.25, 0.3) is 0 Å². The molecule has 184 valence electrons. The van der Waals surface area contributed by atoms with Crippen LogP contribution in [0.2, 0.25) is 0 Å². The van der Waals surface area contributed by atoms with E-state index in [0.29, 0.717) is 23.4 Å². The molecule has 1 aromatic carbocycles. The average molecular weight is 494 g/mol. The van der Waals surface area contributed by atoms with Crippen molar-refractivity contribution in [1.82, 2.24) is 40.0 Å². The van der Waals surface area contributed by atoms with Crippen molar-refractivity contribution in [1.29, 1.82) is 0 Å². The zero-order chi connectivity index (χ0) is 25.5. The van der Waals surface area contributed by atoms with E-state index in [1.165, 1.54) is 18.5 Å². The molecule has 6 rings (SSSR count). The molecular weight excluding hydrogens is 469 g/mol. The maximum absolute atomic E-state index is 14.7. The molecule has 0 amide bonds. The number of H-pyrrole nitrogens is 2. The molecule has 0 aliphatic rings. The Morgan fingerprint density at radius 3 is 2.68 bits per heavy atom. The average Bonchev–Trinajstić information content (AvgIpc) is 3.52. The predicted octanol–water partition coefficient (Wildman–Crippen LogP) is 4.33. The topological polar surface area (TPSA) is 125 Å². The molecule has 0 fully saturated rings. The highest BCUT2D eigenvalue weighted by molar-refractivity contribution is 5.99. The molecular formula is C27H24FN9. The van der Waals surface area contributed by atoms with Gasteiger partial charge in [-0.25, -0.2) is 24.3 Å². The fourth-order valence-electron chi connectivity index (χ4n) is 4.57. The number of aromatic nitrogens is 7. The van der Waals surface area contributed by atoms with Crippen molar-refractivity contribution in [3.8, 4) is 33.8 Å². The van der Waals surface area contributed by atoms with Gasteiger partial charge in [0.15, 0.2) is 0 Å². The first-order valence-electron chi connectivity index (χ1n) is 11.8. The van der Waals surface area contributed by atoms with E-state index >= 15 is 0 Å². The third kappa shape index (κ3) is 4.32. The molecule has 4 N–H and O–H groups in total. The van der Waals surface area contributed by atoms with E-state index in [9.17, 15) is 4.39 Å². The second-order valence-corrected chi connectivity index (χ2v) is 9.24. The first-order chi connectivity index (χ1) is 18.0. The SMILES string of the molecule is CN(C)CC(N)c1cc(F)cc(-c2ccnc3[nH]c(-c4n[nH]c5ccc(-c6cncnc6)nc45)cc23)c1. The molecule has 0 saturated carbocycles. The summed E-state index contributed by atoms with van der Waals surface area (Å²) in [4.78, 5) is 22.8. The van der Waals surface area contributed by atoms with Crippen LogP contribution in [0.15, 0.2) is 67.4 Å². The number of nitrogens with one attached hydrogen (secondary N) is 2. The van der Waals surface area contributed by atoms with Gasteiger partial charge < -0.3 is 15.6 Å². The van der Waals surface area contributed by atoms with Crippen LogP contribution in [0, 0.1) is 5.82 Å². The van der Waals surface area contributed by atoms with Gasteiger partial charge in [0.1, 0.15) is 29.0 Å². The summed E-state index contributed by atoms with van der Waals surface area (Å²) in [5, 5.41) is 8.41. The van der Waals surface area contributed by atoms with Crippen LogP contribution < -0.4 is 5.73 Å². The maximum Gasteiger partial charge on any atom is 0.138 e. The van der Waals surface area contributed by atoms with E-state index < -0.39 is 0 Å². The lowest BCUT2D eigenvalue weighted by Crippen LogP contribution is -2.26. The molecule has 5 aromatic heterocycles. The minimum atomic E-state index is -0.331. The normalized spacial score (nSPS) is 12.6. The number of halogens is 1. The number of likely N-dealkylation sites (N-methyl/N-ethyl adjacent to an activating group) is 1. The number of hydrogen-bond donors (Lipinski definition) is 3. The molecule has 6 aromatic rings. The van der Waals surface area contributed by atoms with Gasteiger partial charge in [-0.05, 0) is 73.3 Å². The molecule has 37 heavy (non-hydrogen) atoms. The smallest absolute Gasteiger partial charge is 0.138 e. The van der Waals surface area contributed by atoms with Crippen molar-refractivity contribution in [2.45, 2.75) is 6.04 Å². The van der Waals surface area contributed by atoms with Crippen LogP contribution in [0.1, 0.15) is 11.6 Å². The molecule has 0 saturated heterocycles. The molecule has 10 heteroatoms. The van der Waals surface area contributed by atoms with Crippen molar-refractivity contribution in [2.24, 2.45) is 5.73 Å². The molecule has 0 aliphatic heterocycles. The van der Waals surface area contributed by atoms with Crippen LogP contribution in [-0.4, -0.2) is 60.7 Å². The number of nitrogens with two attached hydrogens (primary N) is 1. The van der Waals surface area contributed by atoms with Gasteiger partial charge in [0.2, 0.25) is 0 Å². The summed E-state index contributed by atoms with van der Waals surface area (Å²) in [7, 11) is 3.88. The molecule has 9 nitrogen and oxygen atoms in total. The van der Waals surface area contributed by atoms with Gasteiger partial charge >= 0.3 is 0 Å². The van der Waals surface area contributed by atoms with Gasteiger partial charge in [-0.15, -0.1) is 0 Å². The zero-order valence-electron chi connectivity index (χ0n) is 20.3. The summed E-state index contributed by atoms with van der Waals surface area (Å²) in [6.45, 7) is 0.610. The summed E-state index contributed by atoms with van der Waals surface area (Å²) in [5.74, 6) is -0.331. The Hall–Kier alpha value is -4.54. The van der Waals surface area contributed by atoms with E-state index in [0.717, 1.165) is 44.5 Å². The largest absolute Gasteiger partial charge is 0.338 e.